The Bertz CT molecular complexity index is 1580. The van der Waals surface area contributed by atoms with E-state index in [-0.39, 0.29) is 41.8 Å². The number of imidazole rings is 1. The molecule has 2 aliphatic rings. The largest absolute Gasteiger partial charge is 0.482 e. The summed E-state index contributed by atoms with van der Waals surface area (Å²) < 4.78 is 17.2. The number of hydrogen-bond donors (Lipinski definition) is 2. The van der Waals surface area contributed by atoms with Crippen molar-refractivity contribution in [3.63, 3.8) is 0 Å². The van der Waals surface area contributed by atoms with Gasteiger partial charge >= 0.3 is 5.97 Å². The number of aromatic carboxylic acids is 1. The van der Waals surface area contributed by atoms with E-state index in [0.29, 0.717) is 60.6 Å². The molecule has 2 aliphatic heterocycles. The second kappa shape index (κ2) is 11.7. The minimum Gasteiger partial charge on any atom is -0.482 e. The van der Waals surface area contributed by atoms with Crippen LogP contribution in [-0.2, 0) is 11.3 Å². The number of ether oxygens (including phenoxy) is 2. The molecule has 0 unspecified atom stereocenters. The Morgan fingerprint density at radius 3 is 2.66 bits per heavy atom. The van der Waals surface area contributed by atoms with Crippen LogP contribution in [0.5, 0.6) is 5.75 Å². The number of aromatic nitrogens is 3. The van der Waals surface area contributed by atoms with E-state index < -0.39 is 5.97 Å². The molecule has 6 rings (SSSR count). The van der Waals surface area contributed by atoms with Crippen LogP contribution in [0.25, 0.3) is 11.0 Å². The molecule has 0 radical (unpaired) electrons. The SMILES string of the molecule is O=C(O)c1ccc2nc([C@H](CN3CCN(C(=O)c4cnc(COc5ccc(Cl)cc5Cl)o4)CC3)[C@H]3CCO3)[nH]c2c1. The van der Waals surface area contributed by atoms with Crippen molar-refractivity contribution in [2.24, 2.45) is 0 Å². The Morgan fingerprint density at radius 1 is 1.15 bits per heavy atom. The number of carboxylic acid groups (broad SMARTS) is 1. The minimum atomic E-state index is -0.980. The molecule has 4 heterocycles. The maximum Gasteiger partial charge on any atom is 0.335 e. The number of rotatable bonds is 9. The van der Waals surface area contributed by atoms with Crippen LogP contribution in [0.3, 0.4) is 0 Å². The van der Waals surface area contributed by atoms with Gasteiger partial charge in [0.2, 0.25) is 11.7 Å². The van der Waals surface area contributed by atoms with Crippen LogP contribution in [0.1, 0.15) is 45.0 Å². The second-order valence-electron chi connectivity index (χ2n) is 10.0. The number of carbonyl (C=O) groups excluding carboxylic acids is 1. The van der Waals surface area contributed by atoms with Gasteiger partial charge in [0.25, 0.3) is 5.91 Å². The minimum absolute atomic E-state index is 0.00217. The van der Waals surface area contributed by atoms with Crippen molar-refractivity contribution in [3.05, 3.63) is 75.7 Å². The van der Waals surface area contributed by atoms with Gasteiger partial charge in [0.15, 0.2) is 6.61 Å². The molecule has 0 spiro atoms. The maximum absolute atomic E-state index is 13.1. The van der Waals surface area contributed by atoms with Crippen molar-refractivity contribution in [1.29, 1.82) is 0 Å². The summed E-state index contributed by atoms with van der Waals surface area (Å²) in [5.74, 6) is 0.437. The van der Waals surface area contributed by atoms with E-state index in [0.717, 1.165) is 17.8 Å². The molecule has 4 aromatic rings. The van der Waals surface area contributed by atoms with Gasteiger partial charge in [0.1, 0.15) is 11.6 Å². The Balaban J connectivity index is 1.05. The first-order chi connectivity index (χ1) is 19.8. The summed E-state index contributed by atoms with van der Waals surface area (Å²) >= 11 is 12.1. The Labute approximate surface area is 245 Å². The summed E-state index contributed by atoms with van der Waals surface area (Å²) in [6, 6.07) is 9.78. The Kier molecular flexibility index (Phi) is 7.85. The molecule has 2 atom stereocenters. The number of benzene rings is 2. The molecule has 1 amide bonds. The average Bonchev–Trinajstić information content (AvgIpc) is 3.58. The van der Waals surface area contributed by atoms with E-state index in [1.807, 2.05) is 0 Å². The lowest BCUT2D eigenvalue weighted by molar-refractivity contribution is -0.0736. The highest BCUT2D eigenvalue weighted by Crippen LogP contribution is 2.31. The highest BCUT2D eigenvalue weighted by atomic mass is 35.5. The van der Waals surface area contributed by atoms with E-state index in [1.54, 1.807) is 41.3 Å². The van der Waals surface area contributed by atoms with Crippen molar-refractivity contribution in [2.45, 2.75) is 25.0 Å². The van der Waals surface area contributed by atoms with Gasteiger partial charge in [-0.1, -0.05) is 23.2 Å². The molecular weight excluding hydrogens is 573 g/mol. The molecule has 11 nitrogen and oxygen atoms in total. The highest BCUT2D eigenvalue weighted by Gasteiger charge is 2.35. The molecule has 0 aliphatic carbocycles. The molecule has 0 bridgehead atoms. The number of amides is 1. The number of fused-ring (bicyclic) bond motifs is 1. The van der Waals surface area contributed by atoms with Gasteiger partial charge in [0, 0.05) is 44.4 Å². The van der Waals surface area contributed by atoms with E-state index >= 15 is 0 Å². The topological polar surface area (TPSA) is 134 Å². The molecular formula is C28H27Cl2N5O6. The van der Waals surface area contributed by atoms with E-state index in [1.165, 1.54) is 6.20 Å². The van der Waals surface area contributed by atoms with Crippen molar-refractivity contribution < 1.29 is 28.6 Å². The fourth-order valence-electron chi connectivity index (χ4n) is 5.06. The number of carbonyl (C=O) groups is 2. The van der Waals surface area contributed by atoms with E-state index in [4.69, 9.17) is 42.1 Å². The monoisotopic (exact) mass is 599 g/mol. The predicted molar refractivity (Wildman–Crippen MR) is 150 cm³/mol. The van der Waals surface area contributed by atoms with Crippen LogP contribution in [0.4, 0.5) is 0 Å². The number of H-pyrrole nitrogens is 1. The molecule has 0 saturated carbocycles. The molecule has 2 saturated heterocycles. The predicted octanol–water partition coefficient (Wildman–Crippen LogP) is 4.47. The smallest absolute Gasteiger partial charge is 0.335 e. The molecule has 2 N–H and O–H groups in total. The molecule has 41 heavy (non-hydrogen) atoms. The summed E-state index contributed by atoms with van der Waals surface area (Å²) in [5.41, 5.74) is 1.62. The molecule has 13 heteroatoms. The third-order valence-electron chi connectivity index (χ3n) is 7.41. The number of halogens is 2. The molecule has 214 valence electrons. The number of piperazine rings is 1. The summed E-state index contributed by atoms with van der Waals surface area (Å²) in [6.45, 7) is 3.86. The van der Waals surface area contributed by atoms with Gasteiger partial charge in [0.05, 0.1) is 39.8 Å². The van der Waals surface area contributed by atoms with Gasteiger partial charge in [-0.15, -0.1) is 0 Å². The third-order valence-corrected chi connectivity index (χ3v) is 7.94. The Morgan fingerprint density at radius 2 is 1.95 bits per heavy atom. The summed E-state index contributed by atoms with van der Waals surface area (Å²) in [4.78, 5) is 40.7. The first-order valence-electron chi connectivity index (χ1n) is 13.2. The fourth-order valence-corrected chi connectivity index (χ4v) is 5.53. The van der Waals surface area contributed by atoms with Crippen molar-refractivity contribution in [2.75, 3.05) is 39.3 Å². The first kappa shape index (κ1) is 27.5. The molecule has 2 aromatic heterocycles. The van der Waals surface area contributed by atoms with Crippen molar-refractivity contribution in [3.8, 4) is 5.75 Å². The molecule has 2 aromatic carbocycles. The standard InChI is InChI=1S/C28H27Cl2N5O6/c29-17-2-4-23(19(30)12-17)40-15-25-31-13-24(41-25)27(36)35-8-6-34(7-9-35)14-18(22-5-10-39-22)26-32-20-3-1-16(28(37)38)11-21(20)33-26/h1-4,11-13,18,22H,5-10,14-15H2,(H,32,33)(H,37,38)/t18-,22-/m1/s1. The number of carboxylic acids is 1. The quantitative estimate of drug-likeness (QED) is 0.286. The van der Waals surface area contributed by atoms with Crippen molar-refractivity contribution in [1.82, 2.24) is 24.8 Å². The Hall–Kier alpha value is -3.64. The number of oxazole rings is 1. The summed E-state index contributed by atoms with van der Waals surface area (Å²) in [7, 11) is 0. The van der Waals surface area contributed by atoms with Crippen LogP contribution < -0.4 is 4.74 Å². The van der Waals surface area contributed by atoms with Crippen molar-refractivity contribution >= 4 is 46.1 Å². The normalized spacial score (nSPS) is 18.3. The first-order valence-corrected chi connectivity index (χ1v) is 14.0. The zero-order valence-electron chi connectivity index (χ0n) is 21.9. The van der Waals surface area contributed by atoms with Crippen LogP contribution >= 0.6 is 23.2 Å². The van der Waals surface area contributed by atoms with Gasteiger partial charge in [-0.25, -0.2) is 14.8 Å². The van der Waals surface area contributed by atoms with Gasteiger partial charge < -0.3 is 28.9 Å². The zero-order chi connectivity index (χ0) is 28.5. The average molecular weight is 600 g/mol. The maximum atomic E-state index is 13.1. The van der Waals surface area contributed by atoms with Crippen LogP contribution in [0.2, 0.25) is 10.0 Å². The van der Waals surface area contributed by atoms with Gasteiger partial charge in [-0.2, -0.15) is 0 Å². The van der Waals surface area contributed by atoms with Crippen LogP contribution in [-0.4, -0.2) is 87.2 Å². The molecule has 2 fully saturated rings. The summed E-state index contributed by atoms with van der Waals surface area (Å²) in [6.07, 6.45) is 2.38. The second-order valence-corrected chi connectivity index (χ2v) is 10.9. The fraction of sp³-hybridized carbons (Fsp3) is 0.357. The zero-order valence-corrected chi connectivity index (χ0v) is 23.4. The number of nitrogens with one attached hydrogen (secondary N) is 1. The number of nitrogens with zero attached hydrogens (tertiary/aromatic N) is 4. The van der Waals surface area contributed by atoms with E-state index in [2.05, 4.69) is 14.9 Å². The van der Waals surface area contributed by atoms with Crippen LogP contribution in [0.15, 0.2) is 47.0 Å². The van der Waals surface area contributed by atoms with Gasteiger partial charge in [-0.3, -0.25) is 9.69 Å². The summed E-state index contributed by atoms with van der Waals surface area (Å²) in [5, 5.41) is 10.2. The number of hydrogen-bond acceptors (Lipinski definition) is 8. The van der Waals surface area contributed by atoms with Gasteiger partial charge in [-0.05, 0) is 42.8 Å². The lowest BCUT2D eigenvalue weighted by Crippen LogP contribution is -2.51. The lowest BCUT2D eigenvalue weighted by Gasteiger charge is -2.39. The third kappa shape index (κ3) is 6.03. The number of aromatic amines is 1. The highest BCUT2D eigenvalue weighted by molar-refractivity contribution is 6.35. The van der Waals surface area contributed by atoms with Crippen LogP contribution in [0, 0.1) is 0 Å². The lowest BCUT2D eigenvalue weighted by atomic mass is 9.94. The van der Waals surface area contributed by atoms with E-state index in [9.17, 15) is 14.7 Å².